The molecule has 0 saturated carbocycles. The Balaban J connectivity index is 2.23. The van der Waals surface area contributed by atoms with Crippen molar-refractivity contribution in [3.8, 4) is 11.5 Å². The molecule has 0 spiro atoms. The fourth-order valence-electron chi connectivity index (χ4n) is 1.64. The normalized spacial score (nSPS) is 10.0. The van der Waals surface area contributed by atoms with Gasteiger partial charge in [0, 0.05) is 30.9 Å². The van der Waals surface area contributed by atoms with Gasteiger partial charge in [-0.05, 0) is 25.1 Å². The third-order valence-electron chi connectivity index (χ3n) is 2.59. The number of benzene rings is 1. The first-order chi connectivity index (χ1) is 9.10. The number of rotatable bonds is 4. The molecule has 0 aliphatic heterocycles. The van der Waals surface area contributed by atoms with Crippen LogP contribution in [-0.4, -0.2) is 17.0 Å². The quantitative estimate of drug-likeness (QED) is 0.674. The molecule has 1 heterocycles. The maximum Gasteiger partial charge on any atom is 0.272 e. The minimum atomic E-state index is -0.412. The summed E-state index contributed by atoms with van der Waals surface area (Å²) in [5.41, 5.74) is 0.642. The summed E-state index contributed by atoms with van der Waals surface area (Å²) in [4.78, 5) is 14.4. The second-order valence-corrected chi connectivity index (χ2v) is 3.93. The maximum absolute atomic E-state index is 10.7. The zero-order valence-electron chi connectivity index (χ0n) is 10.6. The van der Waals surface area contributed by atoms with Gasteiger partial charge in [0.25, 0.3) is 5.69 Å². The Morgan fingerprint density at radius 2 is 2.00 bits per heavy atom. The van der Waals surface area contributed by atoms with E-state index in [1.165, 1.54) is 6.07 Å². The van der Waals surface area contributed by atoms with Crippen LogP contribution in [0, 0.1) is 17.0 Å². The Labute approximate surface area is 110 Å². The fraction of sp³-hybridized carbons (Fsp3) is 0.154. The average molecular weight is 259 g/mol. The van der Waals surface area contributed by atoms with Gasteiger partial charge >= 0.3 is 0 Å². The molecule has 1 aromatic heterocycles. The van der Waals surface area contributed by atoms with Crippen LogP contribution < -0.4 is 10.1 Å². The summed E-state index contributed by atoms with van der Waals surface area (Å²) in [6.45, 7) is 1.68. The van der Waals surface area contributed by atoms with Gasteiger partial charge in [-0.15, -0.1) is 0 Å². The van der Waals surface area contributed by atoms with Crippen LogP contribution in [0.25, 0.3) is 0 Å². The molecular formula is C13H13N3O3. The highest BCUT2D eigenvalue weighted by molar-refractivity contribution is 5.47. The van der Waals surface area contributed by atoms with Gasteiger partial charge in [0.1, 0.15) is 17.3 Å². The molecule has 0 amide bonds. The van der Waals surface area contributed by atoms with Crippen molar-refractivity contribution in [2.45, 2.75) is 6.92 Å². The molecule has 0 aliphatic carbocycles. The molecule has 2 rings (SSSR count). The van der Waals surface area contributed by atoms with Crippen LogP contribution in [0.1, 0.15) is 5.56 Å². The number of pyridine rings is 1. The van der Waals surface area contributed by atoms with Gasteiger partial charge < -0.3 is 10.1 Å². The van der Waals surface area contributed by atoms with Gasteiger partial charge in [-0.1, -0.05) is 0 Å². The third kappa shape index (κ3) is 2.98. The van der Waals surface area contributed by atoms with Gasteiger partial charge in [0.2, 0.25) is 0 Å². The zero-order valence-corrected chi connectivity index (χ0v) is 10.6. The van der Waals surface area contributed by atoms with Crippen LogP contribution in [0.2, 0.25) is 0 Å². The van der Waals surface area contributed by atoms with Crippen molar-refractivity contribution in [1.82, 2.24) is 4.98 Å². The van der Waals surface area contributed by atoms with E-state index in [9.17, 15) is 10.1 Å². The number of nitrogens with zero attached hydrogens (tertiary/aromatic N) is 2. The van der Waals surface area contributed by atoms with Gasteiger partial charge in [-0.2, -0.15) is 0 Å². The number of nitro benzene ring substituents is 1. The van der Waals surface area contributed by atoms with Crippen molar-refractivity contribution in [1.29, 1.82) is 0 Å². The number of nitrogens with one attached hydrogen (secondary N) is 1. The number of aromatic nitrogens is 1. The summed E-state index contributed by atoms with van der Waals surface area (Å²) < 4.78 is 5.63. The summed E-state index contributed by atoms with van der Waals surface area (Å²) in [6, 6.07) is 8.11. The van der Waals surface area contributed by atoms with Crippen LogP contribution in [0.4, 0.5) is 11.5 Å². The Bertz CT molecular complexity index is 614. The molecule has 6 nitrogen and oxygen atoms in total. The van der Waals surface area contributed by atoms with Crippen molar-refractivity contribution in [2.24, 2.45) is 0 Å². The van der Waals surface area contributed by atoms with Crippen molar-refractivity contribution in [2.75, 3.05) is 12.4 Å². The van der Waals surface area contributed by atoms with Gasteiger partial charge in [0.15, 0.2) is 0 Å². The highest BCUT2D eigenvalue weighted by Gasteiger charge is 2.11. The zero-order chi connectivity index (χ0) is 13.8. The molecule has 2 aromatic rings. The van der Waals surface area contributed by atoms with E-state index < -0.39 is 4.92 Å². The fourth-order valence-corrected chi connectivity index (χ4v) is 1.64. The molecule has 0 radical (unpaired) electrons. The highest BCUT2D eigenvalue weighted by Crippen LogP contribution is 2.27. The first-order valence-electron chi connectivity index (χ1n) is 5.67. The van der Waals surface area contributed by atoms with E-state index in [0.717, 1.165) is 0 Å². The van der Waals surface area contributed by atoms with Crippen LogP contribution in [0.5, 0.6) is 11.5 Å². The monoisotopic (exact) mass is 259 g/mol. The number of anilines is 1. The minimum Gasteiger partial charge on any atom is -0.457 e. The standard InChI is InChI=1S/C13H13N3O3/c1-9-7-10(3-4-12(9)16(17)18)19-11-5-6-15-13(8-11)14-2/h3-8H,1-2H3,(H,14,15). The molecule has 98 valence electrons. The molecule has 19 heavy (non-hydrogen) atoms. The third-order valence-corrected chi connectivity index (χ3v) is 2.59. The number of nitro groups is 1. The van der Waals surface area contributed by atoms with E-state index in [0.29, 0.717) is 22.9 Å². The topological polar surface area (TPSA) is 77.3 Å². The maximum atomic E-state index is 10.7. The average Bonchev–Trinajstić information content (AvgIpc) is 2.38. The van der Waals surface area contributed by atoms with Crippen molar-refractivity contribution in [3.05, 3.63) is 52.2 Å². The number of hydrogen-bond donors (Lipinski definition) is 1. The molecular weight excluding hydrogens is 246 g/mol. The van der Waals surface area contributed by atoms with E-state index in [-0.39, 0.29) is 5.69 Å². The Kier molecular flexibility index (Phi) is 3.61. The Morgan fingerprint density at radius 3 is 2.63 bits per heavy atom. The lowest BCUT2D eigenvalue weighted by Gasteiger charge is -2.07. The smallest absolute Gasteiger partial charge is 0.272 e. The molecule has 1 aromatic carbocycles. The summed E-state index contributed by atoms with van der Waals surface area (Å²) >= 11 is 0. The van der Waals surface area contributed by atoms with E-state index in [2.05, 4.69) is 10.3 Å². The summed E-state index contributed by atoms with van der Waals surface area (Å²) in [5, 5.41) is 13.6. The van der Waals surface area contributed by atoms with Crippen LogP contribution in [-0.2, 0) is 0 Å². The molecule has 0 atom stereocenters. The predicted octanol–water partition coefficient (Wildman–Crippen LogP) is 3.13. The molecule has 1 N–H and O–H groups in total. The molecule has 0 fully saturated rings. The molecule has 0 saturated heterocycles. The Hall–Kier alpha value is -2.63. The van der Waals surface area contributed by atoms with E-state index in [1.807, 2.05) is 0 Å². The SMILES string of the molecule is CNc1cc(Oc2ccc([N+](=O)[O-])c(C)c2)ccn1. The van der Waals surface area contributed by atoms with Crippen LogP contribution >= 0.6 is 0 Å². The van der Waals surface area contributed by atoms with Crippen molar-refractivity contribution in [3.63, 3.8) is 0 Å². The lowest BCUT2D eigenvalue weighted by molar-refractivity contribution is -0.385. The van der Waals surface area contributed by atoms with Crippen LogP contribution in [0.15, 0.2) is 36.5 Å². The number of ether oxygens (including phenoxy) is 1. The van der Waals surface area contributed by atoms with E-state index in [1.54, 1.807) is 44.4 Å². The van der Waals surface area contributed by atoms with Gasteiger partial charge in [-0.3, -0.25) is 10.1 Å². The minimum absolute atomic E-state index is 0.0815. The predicted molar refractivity (Wildman–Crippen MR) is 71.7 cm³/mol. The number of aryl methyl sites for hydroxylation is 1. The lowest BCUT2D eigenvalue weighted by atomic mass is 10.2. The lowest BCUT2D eigenvalue weighted by Crippen LogP contribution is -1.94. The van der Waals surface area contributed by atoms with Gasteiger partial charge in [-0.25, -0.2) is 4.98 Å². The molecule has 0 bridgehead atoms. The largest absolute Gasteiger partial charge is 0.457 e. The second kappa shape index (κ2) is 5.34. The first-order valence-corrected chi connectivity index (χ1v) is 5.67. The Morgan fingerprint density at radius 1 is 1.26 bits per heavy atom. The first kappa shape index (κ1) is 12.8. The van der Waals surface area contributed by atoms with Crippen LogP contribution in [0.3, 0.4) is 0 Å². The molecule has 0 aliphatic rings. The van der Waals surface area contributed by atoms with Crippen molar-refractivity contribution >= 4 is 11.5 Å². The van der Waals surface area contributed by atoms with Crippen molar-refractivity contribution < 1.29 is 9.66 Å². The molecule has 0 unspecified atom stereocenters. The highest BCUT2D eigenvalue weighted by atomic mass is 16.6. The number of hydrogen-bond acceptors (Lipinski definition) is 5. The second-order valence-electron chi connectivity index (χ2n) is 3.93. The van der Waals surface area contributed by atoms with E-state index in [4.69, 9.17) is 4.74 Å². The van der Waals surface area contributed by atoms with E-state index >= 15 is 0 Å². The summed E-state index contributed by atoms with van der Waals surface area (Å²) in [7, 11) is 1.77. The van der Waals surface area contributed by atoms with Gasteiger partial charge in [0.05, 0.1) is 4.92 Å². The molecule has 6 heteroatoms. The summed E-state index contributed by atoms with van der Waals surface area (Å²) in [6.07, 6.45) is 1.62. The summed E-state index contributed by atoms with van der Waals surface area (Å²) in [5.74, 6) is 1.86.